The molecule has 0 spiro atoms. The van der Waals surface area contributed by atoms with E-state index in [0.717, 1.165) is 43.3 Å². The number of likely N-dealkylation sites (tertiary alicyclic amines) is 1. The summed E-state index contributed by atoms with van der Waals surface area (Å²) in [4.78, 5) is 28.9. The number of piperidine rings is 1. The molecule has 1 aromatic carbocycles. The van der Waals surface area contributed by atoms with Gasteiger partial charge in [0.25, 0.3) is 11.1 Å². The van der Waals surface area contributed by atoms with Gasteiger partial charge in [0.2, 0.25) is 0 Å². The van der Waals surface area contributed by atoms with E-state index < -0.39 is 0 Å². The van der Waals surface area contributed by atoms with Gasteiger partial charge in [0.15, 0.2) is 0 Å². The van der Waals surface area contributed by atoms with Crippen LogP contribution in [0.4, 0.5) is 4.79 Å². The zero-order chi connectivity index (χ0) is 17.1. The highest BCUT2D eigenvalue weighted by molar-refractivity contribution is 8.18. The normalized spacial score (nSPS) is 21.3. The van der Waals surface area contributed by atoms with Gasteiger partial charge in [-0.1, -0.05) is 44.5 Å². The number of carbonyl (C=O) groups excluding carboxylic acids is 2. The Morgan fingerprint density at radius 1 is 1.08 bits per heavy atom. The van der Waals surface area contributed by atoms with Crippen LogP contribution in [0.1, 0.15) is 50.2 Å². The fourth-order valence-electron chi connectivity index (χ4n) is 3.05. The Bertz CT molecular complexity index is 646. The van der Waals surface area contributed by atoms with Crippen LogP contribution in [0.5, 0.6) is 0 Å². The van der Waals surface area contributed by atoms with Crippen LogP contribution in [0.25, 0.3) is 6.08 Å². The largest absolute Gasteiger partial charge is 0.294 e. The van der Waals surface area contributed by atoms with Gasteiger partial charge in [0.1, 0.15) is 0 Å². The zero-order valence-electron chi connectivity index (χ0n) is 14.3. The molecule has 1 aromatic rings. The first kappa shape index (κ1) is 17.2. The van der Waals surface area contributed by atoms with Crippen molar-refractivity contribution >= 4 is 29.0 Å². The molecule has 0 saturated carbocycles. The van der Waals surface area contributed by atoms with E-state index >= 15 is 0 Å². The molecule has 0 atom stereocenters. The highest BCUT2D eigenvalue weighted by atomic mass is 32.2. The third kappa shape index (κ3) is 3.90. The fourth-order valence-corrected chi connectivity index (χ4v) is 3.88. The van der Waals surface area contributed by atoms with Crippen LogP contribution in [0.2, 0.25) is 0 Å². The average molecular weight is 344 g/mol. The second-order valence-corrected chi connectivity index (χ2v) is 7.74. The third-order valence-electron chi connectivity index (χ3n) is 4.56. The Morgan fingerprint density at radius 2 is 1.75 bits per heavy atom. The lowest BCUT2D eigenvalue weighted by Crippen LogP contribution is -2.42. The van der Waals surface area contributed by atoms with Gasteiger partial charge in [-0.15, -0.1) is 0 Å². The number of hydrogen-bond donors (Lipinski definition) is 0. The summed E-state index contributed by atoms with van der Waals surface area (Å²) in [6.45, 7) is 6.67. The minimum Gasteiger partial charge on any atom is -0.286 e. The van der Waals surface area contributed by atoms with Gasteiger partial charge in [0.05, 0.1) is 11.6 Å². The molecule has 2 aliphatic rings. The van der Waals surface area contributed by atoms with Gasteiger partial charge in [-0.2, -0.15) is 0 Å². The van der Waals surface area contributed by atoms with Gasteiger partial charge >= 0.3 is 0 Å². The summed E-state index contributed by atoms with van der Waals surface area (Å²) < 4.78 is 0. The molecule has 0 aromatic heterocycles. The smallest absolute Gasteiger partial charge is 0.286 e. The van der Waals surface area contributed by atoms with Gasteiger partial charge in [0, 0.05) is 0 Å². The van der Waals surface area contributed by atoms with E-state index in [0.29, 0.717) is 17.5 Å². The Morgan fingerprint density at radius 3 is 2.38 bits per heavy atom. The molecule has 2 saturated heterocycles. The van der Waals surface area contributed by atoms with E-state index in [1.165, 1.54) is 16.9 Å². The van der Waals surface area contributed by atoms with Crippen molar-refractivity contribution in [1.82, 2.24) is 9.80 Å². The molecule has 5 heteroatoms. The van der Waals surface area contributed by atoms with Crippen molar-refractivity contribution < 1.29 is 9.59 Å². The molecule has 2 heterocycles. The van der Waals surface area contributed by atoms with Gasteiger partial charge in [-0.25, -0.2) is 0 Å². The highest BCUT2D eigenvalue weighted by Gasteiger charge is 2.36. The predicted molar refractivity (Wildman–Crippen MR) is 98.6 cm³/mol. The summed E-state index contributed by atoms with van der Waals surface area (Å²) in [7, 11) is 0. The van der Waals surface area contributed by atoms with E-state index in [-0.39, 0.29) is 11.1 Å². The van der Waals surface area contributed by atoms with Crippen molar-refractivity contribution in [2.75, 3.05) is 19.8 Å². The first-order valence-corrected chi connectivity index (χ1v) is 9.44. The van der Waals surface area contributed by atoms with Crippen molar-refractivity contribution in [2.24, 2.45) is 0 Å². The highest BCUT2D eigenvalue weighted by Crippen LogP contribution is 2.32. The summed E-state index contributed by atoms with van der Waals surface area (Å²) in [6, 6.07) is 8.17. The van der Waals surface area contributed by atoms with Crippen LogP contribution < -0.4 is 0 Å². The van der Waals surface area contributed by atoms with Crippen molar-refractivity contribution in [3.63, 3.8) is 0 Å². The Kier molecular flexibility index (Phi) is 5.41. The van der Waals surface area contributed by atoms with E-state index in [2.05, 4.69) is 30.9 Å². The van der Waals surface area contributed by atoms with Crippen LogP contribution >= 0.6 is 11.8 Å². The molecule has 24 heavy (non-hydrogen) atoms. The SMILES string of the molecule is CC(C)c1ccc(C=C2SC(=O)N(CN3CCCCC3)C2=O)cc1. The molecule has 0 unspecified atom stereocenters. The zero-order valence-corrected chi connectivity index (χ0v) is 15.1. The minimum absolute atomic E-state index is 0.157. The van der Waals surface area contributed by atoms with Crippen molar-refractivity contribution in [3.05, 3.63) is 40.3 Å². The molecule has 3 rings (SSSR count). The third-order valence-corrected chi connectivity index (χ3v) is 5.47. The molecule has 2 amide bonds. The number of thioether (sulfide) groups is 1. The lowest BCUT2D eigenvalue weighted by atomic mass is 10.0. The molecule has 0 bridgehead atoms. The van der Waals surface area contributed by atoms with Crippen LogP contribution in [0.15, 0.2) is 29.2 Å². The van der Waals surface area contributed by atoms with Crippen molar-refractivity contribution in [2.45, 2.75) is 39.0 Å². The number of rotatable bonds is 4. The van der Waals surface area contributed by atoms with Crippen molar-refractivity contribution in [1.29, 1.82) is 0 Å². The first-order valence-electron chi connectivity index (χ1n) is 8.62. The lowest BCUT2D eigenvalue weighted by molar-refractivity contribution is -0.124. The molecule has 128 valence electrons. The Hall–Kier alpha value is -1.59. The quantitative estimate of drug-likeness (QED) is 0.764. The molecule has 0 N–H and O–H groups in total. The second kappa shape index (κ2) is 7.53. The van der Waals surface area contributed by atoms with Crippen LogP contribution in [-0.2, 0) is 4.79 Å². The topological polar surface area (TPSA) is 40.6 Å². The maximum absolute atomic E-state index is 12.6. The fraction of sp³-hybridized carbons (Fsp3) is 0.474. The van der Waals surface area contributed by atoms with Gasteiger partial charge in [-0.05, 0) is 60.8 Å². The average Bonchev–Trinajstić information content (AvgIpc) is 2.84. The molecule has 2 aliphatic heterocycles. The van der Waals surface area contributed by atoms with Crippen molar-refractivity contribution in [3.8, 4) is 0 Å². The molecular formula is C19H24N2O2S. The molecule has 0 aliphatic carbocycles. The molecule has 4 nitrogen and oxygen atoms in total. The van der Waals surface area contributed by atoms with Gasteiger partial charge in [-0.3, -0.25) is 19.4 Å². The number of nitrogens with zero attached hydrogens (tertiary/aromatic N) is 2. The van der Waals surface area contributed by atoms with Crippen LogP contribution in [0, 0.1) is 0 Å². The summed E-state index contributed by atoms with van der Waals surface area (Å²) >= 11 is 1.05. The van der Waals surface area contributed by atoms with Crippen LogP contribution in [-0.4, -0.2) is 40.7 Å². The Labute approximate surface area is 147 Å². The summed E-state index contributed by atoms with van der Waals surface area (Å²) in [6.07, 6.45) is 5.36. The predicted octanol–water partition coefficient (Wildman–Crippen LogP) is 4.29. The van der Waals surface area contributed by atoms with E-state index in [9.17, 15) is 9.59 Å². The number of imide groups is 1. The minimum atomic E-state index is -0.163. The first-order chi connectivity index (χ1) is 11.5. The van der Waals surface area contributed by atoms with Crippen LogP contribution in [0.3, 0.4) is 0 Å². The number of benzene rings is 1. The molecular weight excluding hydrogens is 320 g/mol. The lowest BCUT2D eigenvalue weighted by Gasteiger charge is -2.29. The number of carbonyl (C=O) groups is 2. The standard InChI is InChI=1S/C19H24N2O2S/c1-14(2)16-8-6-15(7-9-16)12-17-18(22)21(19(23)24-17)13-20-10-4-3-5-11-20/h6-9,12,14H,3-5,10-11,13H2,1-2H3. The number of amides is 2. The van der Waals surface area contributed by atoms with E-state index in [1.54, 1.807) is 0 Å². The molecule has 0 radical (unpaired) electrons. The van der Waals surface area contributed by atoms with E-state index in [1.807, 2.05) is 18.2 Å². The molecule has 2 fully saturated rings. The monoisotopic (exact) mass is 344 g/mol. The number of hydrogen-bond acceptors (Lipinski definition) is 4. The summed E-state index contributed by atoms with van der Waals surface area (Å²) in [5, 5.41) is -0.157. The maximum Gasteiger partial charge on any atom is 0.294 e. The Balaban J connectivity index is 1.70. The van der Waals surface area contributed by atoms with E-state index in [4.69, 9.17) is 0 Å². The summed E-state index contributed by atoms with van der Waals surface area (Å²) in [5.74, 6) is 0.319. The second-order valence-electron chi connectivity index (χ2n) is 6.75. The van der Waals surface area contributed by atoms with Gasteiger partial charge < -0.3 is 0 Å². The maximum atomic E-state index is 12.6. The summed E-state index contributed by atoms with van der Waals surface area (Å²) in [5.41, 5.74) is 2.23.